The minimum Gasteiger partial charge on any atom is -0.354 e. The Kier molecular flexibility index (Phi) is 9.72. The SMILES string of the molecule is CC(C)CNC(=O)[C@H](C)N(Cc1ccccc1Cl)C(=O)CN(c1ccccc1)S(=O)(=O)c1ccccc1. The molecular formula is C28H32ClN3O4S. The van der Waals surface area contributed by atoms with Gasteiger partial charge in [-0.1, -0.05) is 80.0 Å². The van der Waals surface area contributed by atoms with Crippen LogP contribution in [0.15, 0.2) is 89.8 Å². The van der Waals surface area contributed by atoms with Gasteiger partial charge in [-0.25, -0.2) is 8.42 Å². The predicted molar refractivity (Wildman–Crippen MR) is 147 cm³/mol. The summed E-state index contributed by atoms with van der Waals surface area (Å²) in [5.41, 5.74) is 0.993. The van der Waals surface area contributed by atoms with E-state index in [0.29, 0.717) is 22.8 Å². The van der Waals surface area contributed by atoms with Gasteiger partial charge in [-0.3, -0.25) is 13.9 Å². The van der Waals surface area contributed by atoms with Crippen molar-refractivity contribution in [1.29, 1.82) is 0 Å². The number of para-hydroxylation sites is 1. The number of hydrogen-bond donors (Lipinski definition) is 1. The second-order valence-electron chi connectivity index (χ2n) is 9.09. The first-order valence-electron chi connectivity index (χ1n) is 12.0. The van der Waals surface area contributed by atoms with Crippen LogP contribution in [0.4, 0.5) is 5.69 Å². The molecule has 196 valence electrons. The third-order valence-electron chi connectivity index (χ3n) is 5.80. The highest BCUT2D eigenvalue weighted by molar-refractivity contribution is 7.92. The number of benzene rings is 3. The van der Waals surface area contributed by atoms with Gasteiger partial charge in [0.2, 0.25) is 11.8 Å². The number of carbonyl (C=O) groups excluding carboxylic acids is 2. The second kappa shape index (κ2) is 12.7. The third-order valence-corrected chi connectivity index (χ3v) is 7.96. The molecule has 9 heteroatoms. The van der Waals surface area contributed by atoms with Crippen molar-refractivity contribution in [2.45, 2.75) is 38.3 Å². The molecule has 7 nitrogen and oxygen atoms in total. The molecule has 0 saturated carbocycles. The highest BCUT2D eigenvalue weighted by Gasteiger charge is 2.32. The molecule has 0 unspecified atom stereocenters. The van der Waals surface area contributed by atoms with Crippen molar-refractivity contribution in [2.24, 2.45) is 5.92 Å². The van der Waals surface area contributed by atoms with Crippen LogP contribution < -0.4 is 9.62 Å². The largest absolute Gasteiger partial charge is 0.354 e. The molecule has 0 aliphatic carbocycles. The van der Waals surface area contributed by atoms with Gasteiger partial charge in [0, 0.05) is 18.1 Å². The number of halogens is 1. The van der Waals surface area contributed by atoms with Crippen LogP contribution in [0, 0.1) is 5.92 Å². The number of anilines is 1. The van der Waals surface area contributed by atoms with Crippen LogP contribution in [-0.4, -0.2) is 44.3 Å². The van der Waals surface area contributed by atoms with Gasteiger partial charge >= 0.3 is 0 Å². The van der Waals surface area contributed by atoms with E-state index < -0.39 is 28.5 Å². The first kappa shape index (κ1) is 28.2. The lowest BCUT2D eigenvalue weighted by molar-refractivity contribution is -0.139. The molecule has 3 rings (SSSR count). The maximum absolute atomic E-state index is 13.8. The molecule has 37 heavy (non-hydrogen) atoms. The highest BCUT2D eigenvalue weighted by Crippen LogP contribution is 2.25. The zero-order valence-corrected chi connectivity index (χ0v) is 22.7. The Morgan fingerprint density at radius 1 is 0.865 bits per heavy atom. The maximum atomic E-state index is 13.8. The summed E-state index contributed by atoms with van der Waals surface area (Å²) in [6.07, 6.45) is 0. The van der Waals surface area contributed by atoms with Gasteiger partial charge in [0.05, 0.1) is 10.6 Å². The van der Waals surface area contributed by atoms with Crippen LogP contribution in [0.5, 0.6) is 0 Å². The molecular weight excluding hydrogens is 510 g/mol. The van der Waals surface area contributed by atoms with Gasteiger partial charge in [-0.2, -0.15) is 0 Å². The fourth-order valence-electron chi connectivity index (χ4n) is 3.69. The van der Waals surface area contributed by atoms with E-state index in [2.05, 4.69) is 5.32 Å². The lowest BCUT2D eigenvalue weighted by atomic mass is 10.1. The van der Waals surface area contributed by atoms with Crippen LogP contribution >= 0.6 is 11.6 Å². The van der Waals surface area contributed by atoms with Crippen LogP contribution in [-0.2, 0) is 26.2 Å². The zero-order valence-electron chi connectivity index (χ0n) is 21.2. The Morgan fingerprint density at radius 3 is 2.03 bits per heavy atom. The summed E-state index contributed by atoms with van der Waals surface area (Å²) in [6.45, 7) is 5.59. The molecule has 0 saturated heterocycles. The molecule has 0 aliphatic heterocycles. The Hall–Kier alpha value is -3.36. The Balaban J connectivity index is 1.98. The van der Waals surface area contributed by atoms with E-state index in [1.807, 2.05) is 13.8 Å². The fraction of sp³-hybridized carbons (Fsp3) is 0.286. The summed E-state index contributed by atoms with van der Waals surface area (Å²) in [7, 11) is -4.07. The van der Waals surface area contributed by atoms with E-state index in [1.165, 1.54) is 17.0 Å². The number of nitrogens with one attached hydrogen (secondary N) is 1. The molecule has 2 amide bonds. The van der Waals surface area contributed by atoms with Gasteiger partial charge < -0.3 is 10.2 Å². The van der Waals surface area contributed by atoms with Gasteiger partial charge in [-0.15, -0.1) is 0 Å². The quantitative estimate of drug-likeness (QED) is 0.380. The van der Waals surface area contributed by atoms with E-state index in [0.717, 1.165) is 4.31 Å². The number of sulfonamides is 1. The Morgan fingerprint density at radius 2 is 1.43 bits per heavy atom. The molecule has 3 aromatic rings. The van der Waals surface area contributed by atoms with Gasteiger partial charge in [0.1, 0.15) is 12.6 Å². The molecule has 0 spiro atoms. The van der Waals surface area contributed by atoms with Crippen molar-refractivity contribution < 1.29 is 18.0 Å². The summed E-state index contributed by atoms with van der Waals surface area (Å²) >= 11 is 6.37. The molecule has 0 heterocycles. The Bertz CT molecular complexity index is 1300. The average Bonchev–Trinajstić information content (AvgIpc) is 2.90. The van der Waals surface area contributed by atoms with Gasteiger partial charge in [0.25, 0.3) is 10.0 Å². The second-order valence-corrected chi connectivity index (χ2v) is 11.4. The fourth-order valence-corrected chi connectivity index (χ4v) is 5.32. The summed E-state index contributed by atoms with van der Waals surface area (Å²) in [5.74, 6) is -0.629. The van der Waals surface area contributed by atoms with Crippen molar-refractivity contribution in [3.05, 3.63) is 95.5 Å². The maximum Gasteiger partial charge on any atom is 0.264 e. The van der Waals surface area contributed by atoms with E-state index in [-0.39, 0.29) is 23.3 Å². The van der Waals surface area contributed by atoms with E-state index in [1.54, 1.807) is 79.7 Å². The number of hydrogen-bond acceptors (Lipinski definition) is 4. The molecule has 3 aromatic carbocycles. The summed E-state index contributed by atoms with van der Waals surface area (Å²) in [5, 5.41) is 3.31. The molecule has 0 fully saturated rings. The predicted octanol–water partition coefficient (Wildman–Crippen LogP) is 4.72. The standard InChI is InChI=1S/C28H32ClN3O4S/c1-21(2)18-30-28(34)22(3)31(19-23-12-10-11-17-26(23)29)27(33)20-32(24-13-6-4-7-14-24)37(35,36)25-15-8-5-9-16-25/h4-17,21-22H,18-20H2,1-3H3,(H,30,34)/t22-/m0/s1. The Labute approximate surface area is 224 Å². The highest BCUT2D eigenvalue weighted by atomic mass is 35.5. The number of nitrogens with zero attached hydrogens (tertiary/aromatic N) is 2. The zero-order chi connectivity index (χ0) is 27.0. The summed E-state index contributed by atoms with van der Waals surface area (Å²) in [6, 6.07) is 22.6. The van der Waals surface area contributed by atoms with Crippen LogP contribution in [0.25, 0.3) is 0 Å². The van der Waals surface area contributed by atoms with Crippen molar-refractivity contribution in [3.63, 3.8) is 0 Å². The van der Waals surface area contributed by atoms with Crippen molar-refractivity contribution >= 4 is 39.1 Å². The average molecular weight is 542 g/mol. The van der Waals surface area contributed by atoms with Gasteiger partial charge in [-0.05, 0) is 48.7 Å². The van der Waals surface area contributed by atoms with Gasteiger partial charge in [0.15, 0.2) is 0 Å². The van der Waals surface area contributed by atoms with Crippen LogP contribution in [0.3, 0.4) is 0 Å². The lowest BCUT2D eigenvalue weighted by Gasteiger charge is -2.32. The van der Waals surface area contributed by atoms with Crippen LogP contribution in [0.1, 0.15) is 26.3 Å². The van der Waals surface area contributed by atoms with E-state index in [4.69, 9.17) is 11.6 Å². The topological polar surface area (TPSA) is 86.8 Å². The first-order chi connectivity index (χ1) is 17.6. The molecule has 1 N–H and O–H groups in total. The van der Waals surface area contributed by atoms with Crippen molar-refractivity contribution in [2.75, 3.05) is 17.4 Å². The monoisotopic (exact) mass is 541 g/mol. The molecule has 0 radical (unpaired) electrons. The lowest BCUT2D eigenvalue weighted by Crippen LogP contribution is -2.51. The molecule has 0 aliphatic rings. The van der Waals surface area contributed by atoms with Crippen molar-refractivity contribution in [1.82, 2.24) is 10.2 Å². The van der Waals surface area contributed by atoms with Crippen molar-refractivity contribution in [3.8, 4) is 0 Å². The third kappa shape index (κ3) is 7.33. The van der Waals surface area contributed by atoms with Crippen LogP contribution in [0.2, 0.25) is 5.02 Å². The van der Waals surface area contributed by atoms with E-state index >= 15 is 0 Å². The minimum atomic E-state index is -4.07. The number of amides is 2. The summed E-state index contributed by atoms with van der Waals surface area (Å²) in [4.78, 5) is 28.2. The normalized spacial score (nSPS) is 12.1. The minimum absolute atomic E-state index is 0.0444. The molecule has 0 bridgehead atoms. The summed E-state index contributed by atoms with van der Waals surface area (Å²) < 4.78 is 28.4. The number of carbonyl (C=O) groups is 2. The van der Waals surface area contributed by atoms with E-state index in [9.17, 15) is 18.0 Å². The smallest absolute Gasteiger partial charge is 0.264 e. The molecule has 0 aromatic heterocycles. The first-order valence-corrected chi connectivity index (χ1v) is 13.9. The number of rotatable bonds is 11. The molecule has 1 atom stereocenters.